The van der Waals surface area contributed by atoms with Crippen molar-refractivity contribution in [2.45, 2.75) is 58.2 Å². The molecule has 0 spiro atoms. The highest BCUT2D eigenvalue weighted by molar-refractivity contribution is 5.76. The number of aromatic nitrogens is 1. The number of hydrogen-bond donors (Lipinski definition) is 2. The van der Waals surface area contributed by atoms with Gasteiger partial charge in [0.05, 0.1) is 0 Å². The van der Waals surface area contributed by atoms with Crippen molar-refractivity contribution in [1.29, 1.82) is 0 Å². The third-order valence-electron chi connectivity index (χ3n) is 3.51. The van der Waals surface area contributed by atoms with E-state index in [4.69, 9.17) is 0 Å². The molecule has 2 N–H and O–H groups in total. The molecule has 2 rings (SSSR count). The van der Waals surface area contributed by atoms with Gasteiger partial charge in [-0.25, -0.2) is 0 Å². The van der Waals surface area contributed by atoms with Crippen LogP contribution in [0.15, 0.2) is 18.5 Å². The highest BCUT2D eigenvalue weighted by Crippen LogP contribution is 2.18. The van der Waals surface area contributed by atoms with E-state index in [0.717, 1.165) is 32.4 Å². The van der Waals surface area contributed by atoms with Crippen LogP contribution in [-0.2, 0) is 11.3 Å². The van der Waals surface area contributed by atoms with Gasteiger partial charge in [-0.15, -0.1) is 0 Å². The number of carbonyl (C=O) groups is 1. The van der Waals surface area contributed by atoms with Crippen LogP contribution in [0.2, 0.25) is 0 Å². The Kier molecular flexibility index (Phi) is 5.02. The van der Waals surface area contributed by atoms with E-state index in [9.17, 15) is 4.79 Å². The third kappa shape index (κ3) is 4.71. The van der Waals surface area contributed by atoms with E-state index < -0.39 is 0 Å². The SMILES string of the molecule is CCCNC(C)c1ccn(CCC(=O)NC2CC2)c1. The number of hydrogen-bond acceptors (Lipinski definition) is 2. The lowest BCUT2D eigenvalue weighted by Gasteiger charge is -2.11. The van der Waals surface area contributed by atoms with Gasteiger partial charge in [0.2, 0.25) is 5.91 Å². The molecule has 1 aromatic heterocycles. The molecule has 4 heteroatoms. The molecule has 1 amide bonds. The number of amides is 1. The van der Waals surface area contributed by atoms with Gasteiger partial charge in [0, 0.05) is 37.4 Å². The highest BCUT2D eigenvalue weighted by Gasteiger charge is 2.22. The summed E-state index contributed by atoms with van der Waals surface area (Å²) in [6, 6.07) is 2.97. The normalized spacial score (nSPS) is 16.3. The number of carbonyl (C=O) groups excluding carboxylic acids is 1. The van der Waals surface area contributed by atoms with Gasteiger partial charge < -0.3 is 15.2 Å². The van der Waals surface area contributed by atoms with Crippen molar-refractivity contribution in [2.24, 2.45) is 0 Å². The van der Waals surface area contributed by atoms with Gasteiger partial charge >= 0.3 is 0 Å². The summed E-state index contributed by atoms with van der Waals surface area (Å²) in [7, 11) is 0. The fraction of sp³-hybridized carbons (Fsp3) is 0.667. The number of aryl methyl sites for hydroxylation is 1. The van der Waals surface area contributed by atoms with Gasteiger partial charge in [-0.05, 0) is 44.4 Å². The average molecular weight is 263 g/mol. The molecule has 0 aliphatic heterocycles. The molecule has 1 saturated carbocycles. The van der Waals surface area contributed by atoms with Crippen LogP contribution in [0.1, 0.15) is 51.1 Å². The van der Waals surface area contributed by atoms with Crippen LogP contribution in [0.4, 0.5) is 0 Å². The van der Waals surface area contributed by atoms with E-state index in [1.165, 1.54) is 5.56 Å². The van der Waals surface area contributed by atoms with E-state index in [1.807, 2.05) is 0 Å². The highest BCUT2D eigenvalue weighted by atomic mass is 16.1. The van der Waals surface area contributed by atoms with Crippen molar-refractivity contribution in [2.75, 3.05) is 6.54 Å². The molecule has 0 aromatic carbocycles. The van der Waals surface area contributed by atoms with Gasteiger partial charge in [0.1, 0.15) is 0 Å². The summed E-state index contributed by atoms with van der Waals surface area (Å²) in [5, 5.41) is 6.49. The Bertz CT molecular complexity index is 409. The summed E-state index contributed by atoms with van der Waals surface area (Å²) >= 11 is 0. The van der Waals surface area contributed by atoms with Crippen molar-refractivity contribution in [1.82, 2.24) is 15.2 Å². The van der Waals surface area contributed by atoms with E-state index in [1.54, 1.807) is 0 Å². The molecule has 1 atom stereocenters. The quantitative estimate of drug-likeness (QED) is 0.755. The topological polar surface area (TPSA) is 46.1 Å². The zero-order valence-electron chi connectivity index (χ0n) is 12.0. The first kappa shape index (κ1) is 14.1. The number of rotatable bonds is 8. The first-order valence-corrected chi connectivity index (χ1v) is 7.37. The van der Waals surface area contributed by atoms with Gasteiger partial charge in [0.15, 0.2) is 0 Å². The Morgan fingerprint density at radius 3 is 3.00 bits per heavy atom. The molecule has 19 heavy (non-hydrogen) atoms. The lowest BCUT2D eigenvalue weighted by atomic mass is 10.2. The summed E-state index contributed by atoms with van der Waals surface area (Å²) in [6.07, 6.45) is 8.22. The van der Waals surface area contributed by atoms with Crippen LogP contribution in [0, 0.1) is 0 Å². The van der Waals surface area contributed by atoms with Gasteiger partial charge in [-0.2, -0.15) is 0 Å². The summed E-state index contributed by atoms with van der Waals surface area (Å²) in [4.78, 5) is 11.6. The summed E-state index contributed by atoms with van der Waals surface area (Å²) in [5.41, 5.74) is 1.29. The van der Waals surface area contributed by atoms with Crippen molar-refractivity contribution in [3.05, 3.63) is 24.0 Å². The minimum absolute atomic E-state index is 0.176. The molecule has 106 valence electrons. The van der Waals surface area contributed by atoms with Crippen LogP contribution >= 0.6 is 0 Å². The van der Waals surface area contributed by atoms with E-state index in [0.29, 0.717) is 18.5 Å². The summed E-state index contributed by atoms with van der Waals surface area (Å²) < 4.78 is 2.10. The zero-order chi connectivity index (χ0) is 13.7. The Hall–Kier alpha value is -1.29. The monoisotopic (exact) mass is 263 g/mol. The average Bonchev–Trinajstić information content (AvgIpc) is 3.08. The molecular weight excluding hydrogens is 238 g/mol. The predicted molar refractivity (Wildman–Crippen MR) is 76.9 cm³/mol. The molecule has 1 aliphatic rings. The maximum absolute atomic E-state index is 11.6. The van der Waals surface area contributed by atoms with Crippen LogP contribution in [0.3, 0.4) is 0 Å². The molecule has 0 saturated heterocycles. The van der Waals surface area contributed by atoms with Crippen molar-refractivity contribution < 1.29 is 4.79 Å². The maximum atomic E-state index is 11.6. The van der Waals surface area contributed by atoms with Crippen LogP contribution < -0.4 is 10.6 Å². The van der Waals surface area contributed by atoms with Crippen molar-refractivity contribution >= 4 is 5.91 Å². The van der Waals surface area contributed by atoms with Gasteiger partial charge in [-0.1, -0.05) is 6.92 Å². The molecule has 0 bridgehead atoms. The van der Waals surface area contributed by atoms with Crippen LogP contribution in [0.5, 0.6) is 0 Å². The van der Waals surface area contributed by atoms with Gasteiger partial charge in [0.25, 0.3) is 0 Å². The minimum atomic E-state index is 0.176. The second-order valence-corrected chi connectivity index (χ2v) is 5.45. The largest absolute Gasteiger partial charge is 0.353 e. The molecule has 1 aromatic rings. The smallest absolute Gasteiger partial charge is 0.222 e. The Morgan fingerprint density at radius 1 is 1.53 bits per heavy atom. The van der Waals surface area contributed by atoms with Crippen molar-refractivity contribution in [3.8, 4) is 0 Å². The molecular formula is C15H25N3O. The summed E-state index contributed by atoms with van der Waals surface area (Å²) in [5.74, 6) is 0.176. The van der Waals surface area contributed by atoms with Crippen LogP contribution in [0.25, 0.3) is 0 Å². The summed E-state index contributed by atoms with van der Waals surface area (Å²) in [6.45, 7) is 6.15. The lowest BCUT2D eigenvalue weighted by molar-refractivity contribution is -0.121. The molecule has 1 fully saturated rings. The number of nitrogens with one attached hydrogen (secondary N) is 2. The van der Waals surface area contributed by atoms with Crippen molar-refractivity contribution in [3.63, 3.8) is 0 Å². The molecule has 1 heterocycles. The maximum Gasteiger partial charge on any atom is 0.222 e. The van der Waals surface area contributed by atoms with E-state index in [2.05, 4.69) is 47.5 Å². The third-order valence-corrected chi connectivity index (χ3v) is 3.51. The lowest BCUT2D eigenvalue weighted by Crippen LogP contribution is -2.26. The fourth-order valence-corrected chi connectivity index (χ4v) is 2.09. The molecule has 1 aliphatic carbocycles. The standard InChI is InChI=1S/C15H25N3O/c1-3-8-16-12(2)13-6-9-18(11-13)10-7-15(19)17-14-4-5-14/h6,9,11-12,14,16H,3-5,7-8,10H2,1-2H3,(H,17,19). The predicted octanol–water partition coefficient (Wildman–Crippen LogP) is 2.22. The minimum Gasteiger partial charge on any atom is -0.353 e. The van der Waals surface area contributed by atoms with Crippen LogP contribution in [-0.4, -0.2) is 23.1 Å². The molecule has 1 unspecified atom stereocenters. The Balaban J connectivity index is 1.74. The second kappa shape index (κ2) is 6.75. The Labute approximate surface area is 115 Å². The second-order valence-electron chi connectivity index (χ2n) is 5.45. The van der Waals surface area contributed by atoms with Gasteiger partial charge in [-0.3, -0.25) is 4.79 Å². The van der Waals surface area contributed by atoms with E-state index in [-0.39, 0.29) is 5.91 Å². The fourth-order valence-electron chi connectivity index (χ4n) is 2.09. The first-order valence-electron chi connectivity index (χ1n) is 7.37. The molecule has 4 nitrogen and oxygen atoms in total. The number of nitrogens with zero attached hydrogens (tertiary/aromatic N) is 1. The van der Waals surface area contributed by atoms with E-state index >= 15 is 0 Å². The Morgan fingerprint density at radius 2 is 2.32 bits per heavy atom. The molecule has 0 radical (unpaired) electrons. The first-order chi connectivity index (χ1) is 9.19. The zero-order valence-corrected chi connectivity index (χ0v) is 12.0.